The van der Waals surface area contributed by atoms with Gasteiger partial charge in [0.05, 0.1) is 31.9 Å². The van der Waals surface area contributed by atoms with Crippen LogP contribution in [0.5, 0.6) is 17.2 Å². The summed E-state index contributed by atoms with van der Waals surface area (Å²) in [6.07, 6.45) is 1.23. The van der Waals surface area contributed by atoms with E-state index in [4.69, 9.17) is 19.0 Å². The molecule has 2 aliphatic heterocycles. The zero-order valence-corrected chi connectivity index (χ0v) is 33.8. The molecule has 0 spiro atoms. The Hall–Kier alpha value is -3.42. The van der Waals surface area contributed by atoms with E-state index in [2.05, 4.69) is 57.1 Å². The number of likely N-dealkylation sites (N-methyl/N-ethyl adjacent to an activating group) is 1. The number of carbonyl (C=O) groups is 2. The van der Waals surface area contributed by atoms with Gasteiger partial charge in [0.1, 0.15) is 17.9 Å². The number of para-hydroxylation sites is 1. The van der Waals surface area contributed by atoms with Crippen molar-refractivity contribution in [2.45, 2.75) is 105 Å². The lowest BCUT2D eigenvalue weighted by Crippen LogP contribution is -2.62. The summed E-state index contributed by atoms with van der Waals surface area (Å²) in [6, 6.07) is 8.45. The molecule has 54 heavy (non-hydrogen) atoms. The minimum atomic E-state index is -0.911. The number of nitrogens with zero attached hydrogens (tertiary/aromatic N) is 2. The molecule has 298 valence electrons. The van der Waals surface area contributed by atoms with Gasteiger partial charge in [0.25, 0.3) is 5.91 Å². The first-order chi connectivity index (χ1) is 25.4. The molecule has 12 heteroatoms. The van der Waals surface area contributed by atoms with Gasteiger partial charge in [-0.15, -0.1) is 0 Å². The molecule has 0 aromatic heterocycles. The van der Waals surface area contributed by atoms with Crippen molar-refractivity contribution in [3.63, 3.8) is 0 Å². The first-order valence-electron chi connectivity index (χ1n) is 19.5. The normalized spacial score (nSPS) is 28.4. The zero-order chi connectivity index (χ0) is 39.3. The number of amides is 2. The third kappa shape index (κ3) is 7.95. The van der Waals surface area contributed by atoms with Gasteiger partial charge in [-0.05, 0) is 86.6 Å². The fourth-order valence-electron chi connectivity index (χ4n) is 9.77. The number of ether oxygens (including phenoxy) is 3. The molecule has 4 N–H and O–H groups in total. The van der Waals surface area contributed by atoms with Crippen LogP contribution < -0.4 is 24.8 Å². The molecule has 1 saturated heterocycles. The fraction of sp³-hybridized carbons (Fsp3) is 0.667. The van der Waals surface area contributed by atoms with Gasteiger partial charge in [-0.25, -0.2) is 0 Å². The molecule has 4 fully saturated rings. The quantitative estimate of drug-likeness (QED) is 0.225. The minimum Gasteiger partial charge on any atom is -0.496 e. The van der Waals surface area contributed by atoms with Crippen LogP contribution in [0.15, 0.2) is 30.3 Å². The van der Waals surface area contributed by atoms with E-state index in [1.807, 2.05) is 38.4 Å². The van der Waals surface area contributed by atoms with Crippen LogP contribution in [-0.4, -0.2) is 103 Å². The summed E-state index contributed by atoms with van der Waals surface area (Å²) in [7, 11) is 5.57. The van der Waals surface area contributed by atoms with Gasteiger partial charge in [-0.3, -0.25) is 14.4 Å². The van der Waals surface area contributed by atoms with Crippen LogP contribution in [-0.2, 0) is 16.2 Å². The van der Waals surface area contributed by atoms with Gasteiger partial charge in [-0.2, -0.15) is 5.06 Å². The maximum Gasteiger partial charge on any atom is 0.255 e. The molecule has 2 aromatic rings. The standard InChI is InChI=1S/C42H62N4O8/c1-23-31-16-27(42(31,6)7)17-32(23)44-40(50)36-35(24(2)48)34(21-47)54-46(36)19-25-12-11-13-29(37(25)51-10)26-14-30(38-33(15-26)52-22-53-38)39(49)43-28(20-45(8)9)18-41(3,4)5/h11-15,23-24,27-28,31-32,34-36,47-48H,16-22H2,1-10H3,(H,43,49)(H,44,50)/t23-,24-,27+,28-,31-,32-,34-,35+,36-/m0/s1. The van der Waals surface area contributed by atoms with Gasteiger partial charge < -0.3 is 40.0 Å². The Bertz CT molecular complexity index is 1690. The molecule has 9 atom stereocenters. The van der Waals surface area contributed by atoms with Crippen molar-refractivity contribution < 1.29 is 38.9 Å². The van der Waals surface area contributed by atoms with Crippen molar-refractivity contribution in [3.05, 3.63) is 41.5 Å². The van der Waals surface area contributed by atoms with Gasteiger partial charge >= 0.3 is 0 Å². The summed E-state index contributed by atoms with van der Waals surface area (Å²) in [5, 5.41) is 29.5. The lowest BCUT2D eigenvalue weighted by atomic mass is 9.45. The fourth-order valence-corrected chi connectivity index (χ4v) is 9.77. The Morgan fingerprint density at radius 3 is 2.50 bits per heavy atom. The van der Waals surface area contributed by atoms with Crippen LogP contribution in [0.3, 0.4) is 0 Å². The smallest absolute Gasteiger partial charge is 0.255 e. The topological polar surface area (TPSA) is 142 Å². The summed E-state index contributed by atoms with van der Waals surface area (Å²) in [6.45, 7) is 15.5. The molecule has 3 saturated carbocycles. The molecule has 3 aliphatic carbocycles. The number of nitrogens with one attached hydrogen (secondary N) is 2. The van der Waals surface area contributed by atoms with Crippen molar-refractivity contribution in [2.24, 2.45) is 34.5 Å². The Balaban J connectivity index is 1.29. The van der Waals surface area contributed by atoms with Crippen molar-refractivity contribution in [3.8, 4) is 28.4 Å². The number of hydroxylamine groups is 2. The molecular formula is C42H62N4O8. The van der Waals surface area contributed by atoms with Crippen LogP contribution in [0, 0.1) is 34.5 Å². The number of aliphatic hydroxyl groups is 2. The number of hydrogen-bond donors (Lipinski definition) is 4. The van der Waals surface area contributed by atoms with E-state index >= 15 is 0 Å². The SMILES string of the molecule is COc1c(CN2O[C@@H](CO)[C@@H]([C@H](C)O)[C@H]2C(=O)N[C@H]2C[C@H]3C[C@@H]([C@@H]2C)C3(C)C)cccc1-c1cc2c(c(C(=O)N[C@H](CN(C)C)CC(C)(C)C)c1)OCO2. The summed E-state index contributed by atoms with van der Waals surface area (Å²) in [5.41, 5.74) is 2.78. The van der Waals surface area contributed by atoms with E-state index in [0.717, 1.165) is 18.4 Å². The van der Waals surface area contributed by atoms with Crippen LogP contribution >= 0.6 is 0 Å². The lowest BCUT2D eigenvalue weighted by Gasteiger charge is -2.62. The highest BCUT2D eigenvalue weighted by Gasteiger charge is 2.57. The van der Waals surface area contributed by atoms with E-state index in [1.165, 1.54) is 6.42 Å². The van der Waals surface area contributed by atoms with E-state index < -0.39 is 24.2 Å². The minimum absolute atomic E-state index is 0.00212. The summed E-state index contributed by atoms with van der Waals surface area (Å²) in [5.74, 6) is 1.72. The predicted molar refractivity (Wildman–Crippen MR) is 206 cm³/mol. The third-order valence-corrected chi connectivity index (χ3v) is 12.5. The number of carbonyl (C=O) groups excluding carboxylic acids is 2. The van der Waals surface area contributed by atoms with E-state index in [0.29, 0.717) is 58.2 Å². The van der Waals surface area contributed by atoms with E-state index in [-0.39, 0.29) is 54.7 Å². The van der Waals surface area contributed by atoms with Crippen molar-refractivity contribution in [1.82, 2.24) is 20.6 Å². The highest BCUT2D eigenvalue weighted by molar-refractivity contribution is 6.00. The highest BCUT2D eigenvalue weighted by Crippen LogP contribution is 2.61. The largest absolute Gasteiger partial charge is 0.496 e. The third-order valence-electron chi connectivity index (χ3n) is 12.5. The van der Waals surface area contributed by atoms with Crippen molar-refractivity contribution in [2.75, 3.05) is 41.1 Å². The summed E-state index contributed by atoms with van der Waals surface area (Å²) in [4.78, 5) is 36.6. The number of methoxy groups -OCH3 is 1. The number of rotatable bonds is 13. The molecule has 2 amide bonds. The first-order valence-corrected chi connectivity index (χ1v) is 19.5. The Kier molecular flexibility index (Phi) is 11.6. The second kappa shape index (κ2) is 15.6. The van der Waals surface area contributed by atoms with Gasteiger partial charge in [0, 0.05) is 35.7 Å². The number of aliphatic hydroxyl groups excluding tert-OH is 2. The number of fused-ring (bicyclic) bond motifs is 3. The molecule has 0 unspecified atom stereocenters. The van der Waals surface area contributed by atoms with Crippen molar-refractivity contribution in [1.29, 1.82) is 0 Å². The lowest BCUT2D eigenvalue weighted by molar-refractivity contribution is -0.183. The zero-order valence-electron chi connectivity index (χ0n) is 33.8. The van der Waals surface area contributed by atoms with E-state index in [1.54, 1.807) is 25.2 Å². The van der Waals surface area contributed by atoms with Crippen LogP contribution in [0.4, 0.5) is 0 Å². The molecule has 2 aromatic carbocycles. The Labute approximate surface area is 320 Å². The maximum atomic E-state index is 14.3. The maximum absolute atomic E-state index is 14.3. The molecule has 5 aliphatic rings. The van der Waals surface area contributed by atoms with Gasteiger partial charge in [-0.1, -0.05) is 59.7 Å². The molecular weight excluding hydrogens is 688 g/mol. The summed E-state index contributed by atoms with van der Waals surface area (Å²) < 4.78 is 17.7. The first kappa shape index (κ1) is 40.2. The van der Waals surface area contributed by atoms with Crippen LogP contribution in [0.2, 0.25) is 0 Å². The molecule has 12 nitrogen and oxygen atoms in total. The number of benzene rings is 2. The monoisotopic (exact) mass is 750 g/mol. The molecule has 2 bridgehead atoms. The predicted octanol–water partition coefficient (Wildman–Crippen LogP) is 4.85. The molecule has 7 rings (SSSR count). The van der Waals surface area contributed by atoms with Gasteiger partial charge in [0.2, 0.25) is 12.7 Å². The van der Waals surface area contributed by atoms with Crippen molar-refractivity contribution >= 4 is 11.8 Å². The second-order valence-corrected chi connectivity index (χ2v) is 18.2. The second-order valence-electron chi connectivity index (χ2n) is 18.2. The average molecular weight is 751 g/mol. The molecule has 2 heterocycles. The summed E-state index contributed by atoms with van der Waals surface area (Å²) >= 11 is 0. The Morgan fingerprint density at radius 1 is 1.15 bits per heavy atom. The van der Waals surface area contributed by atoms with Crippen LogP contribution in [0.1, 0.15) is 83.7 Å². The van der Waals surface area contributed by atoms with Crippen LogP contribution in [0.25, 0.3) is 11.1 Å². The highest BCUT2D eigenvalue weighted by atomic mass is 16.7. The van der Waals surface area contributed by atoms with E-state index in [9.17, 15) is 19.8 Å². The Morgan fingerprint density at radius 2 is 1.89 bits per heavy atom. The van der Waals surface area contributed by atoms with Gasteiger partial charge in [0.15, 0.2) is 11.5 Å². The average Bonchev–Trinajstić information content (AvgIpc) is 3.72. The number of hydrogen-bond acceptors (Lipinski definition) is 10. The molecule has 0 radical (unpaired) electrons.